The maximum atomic E-state index is 12.9. The number of aromatic nitrogens is 1. The zero-order valence-electron chi connectivity index (χ0n) is 12.2. The predicted molar refractivity (Wildman–Crippen MR) is 96.6 cm³/mol. The van der Waals surface area contributed by atoms with Crippen LogP contribution in [0.25, 0.3) is 20.7 Å². The standard InChI is InChI=1S/C16H13FN2OS2.ClH/c1-8-4-5-21-14(8)9-2-3-12-13(6-9)22-16(18-12)19-15(20)10-7-11(10)17;/h2-6,10-11H,7H2,1H3,(H,18,19,20);1H/t10-,11+;/m1./s1. The first-order chi connectivity index (χ1) is 10.6. The number of carbonyl (C=O) groups excluding carboxylic acids is 1. The Labute approximate surface area is 147 Å². The van der Waals surface area contributed by atoms with Gasteiger partial charge in [-0.25, -0.2) is 9.37 Å². The zero-order valence-corrected chi connectivity index (χ0v) is 14.7. The van der Waals surface area contributed by atoms with Gasteiger partial charge in [-0.1, -0.05) is 17.4 Å². The molecule has 0 spiro atoms. The molecule has 3 nitrogen and oxygen atoms in total. The molecule has 2 aromatic heterocycles. The summed E-state index contributed by atoms with van der Waals surface area (Å²) in [5, 5.41) is 5.34. The van der Waals surface area contributed by atoms with Crippen LogP contribution in [0.15, 0.2) is 29.6 Å². The maximum absolute atomic E-state index is 12.9. The van der Waals surface area contributed by atoms with Crippen LogP contribution >= 0.6 is 35.1 Å². The van der Waals surface area contributed by atoms with Gasteiger partial charge in [-0.3, -0.25) is 4.79 Å². The van der Waals surface area contributed by atoms with E-state index in [-0.39, 0.29) is 18.3 Å². The van der Waals surface area contributed by atoms with E-state index in [9.17, 15) is 9.18 Å². The second-order valence-corrected chi connectivity index (χ2v) is 7.43. The molecule has 1 N–H and O–H groups in total. The van der Waals surface area contributed by atoms with Gasteiger partial charge in [0.1, 0.15) is 6.17 Å². The van der Waals surface area contributed by atoms with Gasteiger partial charge in [0, 0.05) is 4.88 Å². The summed E-state index contributed by atoms with van der Waals surface area (Å²) in [5.74, 6) is -0.753. The van der Waals surface area contributed by atoms with E-state index in [1.54, 1.807) is 11.3 Å². The summed E-state index contributed by atoms with van der Waals surface area (Å²) < 4.78 is 13.9. The second-order valence-electron chi connectivity index (χ2n) is 5.48. The highest BCUT2D eigenvalue weighted by Gasteiger charge is 2.43. The number of carbonyl (C=O) groups is 1. The first-order valence-electron chi connectivity index (χ1n) is 7.02. The van der Waals surface area contributed by atoms with E-state index in [1.807, 2.05) is 12.1 Å². The van der Waals surface area contributed by atoms with Crippen LogP contribution in [0.1, 0.15) is 12.0 Å². The number of rotatable bonds is 3. The van der Waals surface area contributed by atoms with Gasteiger partial charge in [-0.05, 0) is 48.1 Å². The van der Waals surface area contributed by atoms with Crippen LogP contribution in [0.5, 0.6) is 0 Å². The first kappa shape index (κ1) is 16.4. The van der Waals surface area contributed by atoms with Crippen LogP contribution in [0.4, 0.5) is 9.52 Å². The van der Waals surface area contributed by atoms with Crippen molar-refractivity contribution in [2.75, 3.05) is 5.32 Å². The van der Waals surface area contributed by atoms with Crippen molar-refractivity contribution in [3.05, 3.63) is 35.2 Å². The Balaban J connectivity index is 0.00000156. The molecular formula is C16H14ClFN2OS2. The number of aryl methyl sites for hydroxylation is 1. The third-order valence-corrected chi connectivity index (χ3v) is 5.79. The van der Waals surface area contributed by atoms with Gasteiger partial charge in [0.05, 0.1) is 16.1 Å². The second kappa shape index (κ2) is 6.19. The van der Waals surface area contributed by atoms with Gasteiger partial charge in [-0.15, -0.1) is 23.7 Å². The largest absolute Gasteiger partial charge is 0.302 e. The van der Waals surface area contributed by atoms with Crippen molar-refractivity contribution in [1.29, 1.82) is 0 Å². The van der Waals surface area contributed by atoms with Gasteiger partial charge in [-0.2, -0.15) is 0 Å². The lowest BCUT2D eigenvalue weighted by molar-refractivity contribution is -0.117. The molecule has 1 aliphatic rings. The lowest BCUT2D eigenvalue weighted by Crippen LogP contribution is -2.14. The molecule has 23 heavy (non-hydrogen) atoms. The molecule has 2 heterocycles. The van der Waals surface area contributed by atoms with Crippen molar-refractivity contribution in [3.8, 4) is 10.4 Å². The highest BCUT2D eigenvalue weighted by Crippen LogP contribution is 2.37. The van der Waals surface area contributed by atoms with Gasteiger partial charge in [0.2, 0.25) is 5.91 Å². The summed E-state index contributed by atoms with van der Waals surface area (Å²) in [6, 6.07) is 8.21. The summed E-state index contributed by atoms with van der Waals surface area (Å²) in [6.07, 6.45) is -0.652. The number of hydrogen-bond donors (Lipinski definition) is 1. The number of thiophene rings is 1. The van der Waals surface area contributed by atoms with Gasteiger partial charge in [0.15, 0.2) is 5.13 Å². The molecule has 0 radical (unpaired) electrons. The molecule has 3 aromatic rings. The molecule has 0 saturated heterocycles. The average molecular weight is 369 g/mol. The SMILES string of the molecule is Cc1ccsc1-c1ccc2nc(NC(=O)[C@@H]3C[C@@H]3F)sc2c1.Cl. The van der Waals surface area contributed by atoms with Crippen molar-refractivity contribution in [2.45, 2.75) is 19.5 Å². The number of nitrogens with zero attached hydrogens (tertiary/aromatic N) is 1. The molecule has 1 fully saturated rings. The molecule has 1 aliphatic carbocycles. The van der Waals surface area contributed by atoms with E-state index in [0.717, 1.165) is 15.8 Å². The number of alkyl halides is 1. The fourth-order valence-electron chi connectivity index (χ4n) is 2.42. The predicted octanol–water partition coefficient (Wildman–Crippen LogP) is 5.05. The molecule has 0 bridgehead atoms. The Kier molecular flexibility index (Phi) is 4.40. The van der Waals surface area contributed by atoms with E-state index < -0.39 is 12.1 Å². The number of thiazole rings is 1. The summed E-state index contributed by atoms with van der Waals surface area (Å²) in [7, 11) is 0. The van der Waals surface area contributed by atoms with E-state index in [4.69, 9.17) is 0 Å². The van der Waals surface area contributed by atoms with Crippen molar-refractivity contribution in [2.24, 2.45) is 5.92 Å². The van der Waals surface area contributed by atoms with Crippen LogP contribution in [-0.4, -0.2) is 17.1 Å². The number of fused-ring (bicyclic) bond motifs is 1. The van der Waals surface area contributed by atoms with Crippen LogP contribution in [0, 0.1) is 12.8 Å². The monoisotopic (exact) mass is 368 g/mol. The summed E-state index contributed by atoms with van der Waals surface area (Å²) in [5.41, 5.74) is 3.27. The number of benzene rings is 1. The summed E-state index contributed by atoms with van der Waals surface area (Å²) in [6.45, 7) is 2.09. The number of hydrogen-bond acceptors (Lipinski definition) is 4. The average Bonchev–Trinajstić information content (AvgIpc) is 2.90. The lowest BCUT2D eigenvalue weighted by Gasteiger charge is -1.99. The van der Waals surface area contributed by atoms with E-state index in [1.165, 1.54) is 21.8 Å². The molecule has 0 aliphatic heterocycles. The molecule has 0 unspecified atom stereocenters. The third kappa shape index (κ3) is 3.11. The fourth-order valence-corrected chi connectivity index (χ4v) is 4.25. The number of halogens is 2. The molecule has 120 valence electrons. The quantitative estimate of drug-likeness (QED) is 0.702. The topological polar surface area (TPSA) is 42.0 Å². The highest BCUT2D eigenvalue weighted by atomic mass is 35.5. The minimum atomic E-state index is -0.984. The van der Waals surface area contributed by atoms with Crippen LogP contribution in [0.2, 0.25) is 0 Å². The summed E-state index contributed by atoms with van der Waals surface area (Å²) >= 11 is 3.14. The Hall–Kier alpha value is -1.50. The van der Waals surface area contributed by atoms with E-state index in [0.29, 0.717) is 11.6 Å². The zero-order chi connectivity index (χ0) is 15.3. The molecule has 4 rings (SSSR count). The number of nitrogens with one attached hydrogen (secondary N) is 1. The molecule has 1 aromatic carbocycles. The first-order valence-corrected chi connectivity index (χ1v) is 8.71. The third-order valence-electron chi connectivity index (χ3n) is 3.79. The Morgan fingerprint density at radius 1 is 1.39 bits per heavy atom. The molecule has 2 atom stereocenters. The maximum Gasteiger partial charge on any atom is 0.232 e. The van der Waals surface area contributed by atoms with Crippen molar-refractivity contribution >= 4 is 56.3 Å². The van der Waals surface area contributed by atoms with E-state index >= 15 is 0 Å². The molecule has 7 heteroatoms. The van der Waals surface area contributed by atoms with Gasteiger partial charge in [0.25, 0.3) is 0 Å². The smallest absolute Gasteiger partial charge is 0.232 e. The van der Waals surface area contributed by atoms with Crippen molar-refractivity contribution in [3.63, 3.8) is 0 Å². The van der Waals surface area contributed by atoms with Gasteiger partial charge >= 0.3 is 0 Å². The van der Waals surface area contributed by atoms with Gasteiger partial charge < -0.3 is 5.32 Å². The summed E-state index contributed by atoms with van der Waals surface area (Å²) in [4.78, 5) is 17.4. The number of amides is 1. The Morgan fingerprint density at radius 2 is 2.17 bits per heavy atom. The normalized spacial score (nSPS) is 19.4. The minimum Gasteiger partial charge on any atom is -0.302 e. The van der Waals surface area contributed by atoms with Crippen LogP contribution in [-0.2, 0) is 4.79 Å². The highest BCUT2D eigenvalue weighted by molar-refractivity contribution is 7.22. The van der Waals surface area contributed by atoms with Crippen molar-refractivity contribution < 1.29 is 9.18 Å². The molecule has 1 saturated carbocycles. The van der Waals surface area contributed by atoms with Crippen LogP contribution in [0.3, 0.4) is 0 Å². The minimum absolute atomic E-state index is 0. The van der Waals surface area contributed by atoms with Crippen LogP contribution < -0.4 is 5.32 Å². The fraction of sp³-hybridized carbons (Fsp3) is 0.250. The molecular weight excluding hydrogens is 355 g/mol. The van der Waals surface area contributed by atoms with E-state index in [2.05, 4.69) is 34.7 Å². The Morgan fingerprint density at radius 3 is 2.83 bits per heavy atom. The molecule has 1 amide bonds. The Bertz CT molecular complexity index is 876. The number of anilines is 1. The lowest BCUT2D eigenvalue weighted by atomic mass is 10.1. The van der Waals surface area contributed by atoms with Crippen molar-refractivity contribution in [1.82, 2.24) is 4.98 Å².